The van der Waals surface area contributed by atoms with Crippen LogP contribution < -0.4 is 0 Å². The van der Waals surface area contributed by atoms with Gasteiger partial charge in [0.05, 0.1) is 16.8 Å². The van der Waals surface area contributed by atoms with Crippen molar-refractivity contribution >= 4 is 0 Å². The number of rotatable bonds is 1. The molecule has 2 aliphatic carbocycles. The predicted molar refractivity (Wildman–Crippen MR) is 71.1 cm³/mol. The van der Waals surface area contributed by atoms with E-state index in [-0.39, 0.29) is 17.8 Å². The molecular weight excluding hydrogens is 228 g/mol. The van der Waals surface area contributed by atoms with Crippen LogP contribution in [0.5, 0.6) is 0 Å². The molecule has 18 heavy (non-hydrogen) atoms. The van der Waals surface area contributed by atoms with Gasteiger partial charge in [0.2, 0.25) is 0 Å². The van der Waals surface area contributed by atoms with Crippen LogP contribution in [-0.2, 0) is 0 Å². The van der Waals surface area contributed by atoms with Gasteiger partial charge in [0.25, 0.3) is 0 Å². The fourth-order valence-corrected chi connectivity index (χ4v) is 4.15. The van der Waals surface area contributed by atoms with Crippen molar-refractivity contribution in [3.63, 3.8) is 0 Å². The number of aliphatic hydroxyl groups is 3. The first-order valence-electron chi connectivity index (χ1n) is 7.21. The maximum Gasteiger partial charge on any atom is 0.0651 e. The summed E-state index contributed by atoms with van der Waals surface area (Å²) in [5.41, 5.74) is -2.13. The van der Waals surface area contributed by atoms with Crippen molar-refractivity contribution in [3.05, 3.63) is 0 Å². The third-order valence-corrected chi connectivity index (χ3v) is 5.58. The largest absolute Gasteiger partial charge is 0.390 e. The maximum atomic E-state index is 10.6. The number of hydrogen-bond donors (Lipinski definition) is 3. The van der Waals surface area contributed by atoms with Crippen LogP contribution in [0.3, 0.4) is 0 Å². The molecule has 0 aromatic carbocycles. The van der Waals surface area contributed by atoms with Crippen LogP contribution in [0.1, 0.15) is 59.8 Å². The average Bonchev–Trinajstić information content (AvgIpc) is 2.37. The molecule has 0 aromatic rings. The first-order valence-corrected chi connectivity index (χ1v) is 7.21. The van der Waals surface area contributed by atoms with E-state index in [4.69, 9.17) is 0 Å². The first kappa shape index (κ1) is 14.3. The van der Waals surface area contributed by atoms with Gasteiger partial charge in [-0.05, 0) is 77.6 Å². The van der Waals surface area contributed by atoms with Gasteiger partial charge in [-0.2, -0.15) is 0 Å². The van der Waals surface area contributed by atoms with E-state index in [0.29, 0.717) is 0 Å². The molecule has 0 radical (unpaired) electrons. The van der Waals surface area contributed by atoms with E-state index in [2.05, 4.69) is 0 Å². The minimum Gasteiger partial charge on any atom is -0.390 e. The Morgan fingerprint density at radius 2 is 1.44 bits per heavy atom. The molecule has 2 saturated carbocycles. The number of fused-ring (bicyclic) bond motifs is 1. The molecule has 0 bridgehead atoms. The van der Waals surface area contributed by atoms with Crippen molar-refractivity contribution in [1.82, 2.24) is 0 Å². The summed E-state index contributed by atoms with van der Waals surface area (Å²) in [6, 6.07) is 0. The van der Waals surface area contributed by atoms with Crippen molar-refractivity contribution in [2.75, 3.05) is 0 Å². The second-order valence-electron chi connectivity index (χ2n) is 7.59. The fraction of sp³-hybridized carbons (Fsp3) is 1.00. The predicted octanol–water partition coefficient (Wildman–Crippen LogP) is 2.09. The molecule has 0 amide bonds. The highest BCUT2D eigenvalue weighted by Gasteiger charge is 2.53. The molecule has 0 spiro atoms. The molecule has 3 N–H and O–H groups in total. The highest BCUT2D eigenvalue weighted by atomic mass is 16.3. The van der Waals surface area contributed by atoms with Crippen LogP contribution in [0.4, 0.5) is 0 Å². The molecule has 2 rings (SSSR count). The van der Waals surface area contributed by atoms with Crippen LogP contribution in [0.15, 0.2) is 0 Å². The smallest absolute Gasteiger partial charge is 0.0651 e. The van der Waals surface area contributed by atoms with Crippen LogP contribution in [0.2, 0.25) is 0 Å². The Hall–Kier alpha value is -0.120. The summed E-state index contributed by atoms with van der Waals surface area (Å²) in [4.78, 5) is 0. The molecule has 3 heteroatoms. The summed E-state index contributed by atoms with van der Waals surface area (Å²) in [5.74, 6) is 0.426. The van der Waals surface area contributed by atoms with E-state index in [9.17, 15) is 15.3 Å². The fourth-order valence-electron chi connectivity index (χ4n) is 4.15. The van der Waals surface area contributed by atoms with E-state index in [1.807, 2.05) is 27.7 Å². The minimum atomic E-state index is -0.732. The summed E-state index contributed by atoms with van der Waals surface area (Å²) in [5, 5.41) is 31.4. The monoisotopic (exact) mass is 256 g/mol. The molecule has 106 valence electrons. The summed E-state index contributed by atoms with van der Waals surface area (Å²) in [6.07, 6.45) is 4.02. The van der Waals surface area contributed by atoms with Gasteiger partial charge in [0, 0.05) is 0 Å². The van der Waals surface area contributed by atoms with E-state index in [1.54, 1.807) is 0 Å². The zero-order valence-corrected chi connectivity index (χ0v) is 12.1. The van der Waals surface area contributed by atoms with Crippen LogP contribution in [0.25, 0.3) is 0 Å². The van der Waals surface area contributed by atoms with Gasteiger partial charge in [-0.25, -0.2) is 0 Å². The Morgan fingerprint density at radius 1 is 0.944 bits per heavy atom. The lowest BCUT2D eigenvalue weighted by Gasteiger charge is -2.36. The normalized spacial score (nSPS) is 49.8. The first-order chi connectivity index (χ1) is 8.04. The second kappa shape index (κ2) is 4.19. The standard InChI is InChI=1S/C15H28O3/c1-13(2,16)10-5-7-14(3,17)11-6-8-15(4,18)12(11)9-10/h10-12,16-18H,5-9H2,1-4H3. The summed E-state index contributed by atoms with van der Waals surface area (Å²) in [7, 11) is 0. The summed E-state index contributed by atoms with van der Waals surface area (Å²) < 4.78 is 0. The highest BCUT2D eigenvalue weighted by Crippen LogP contribution is 2.53. The molecular formula is C15H28O3. The topological polar surface area (TPSA) is 60.7 Å². The van der Waals surface area contributed by atoms with Gasteiger partial charge >= 0.3 is 0 Å². The zero-order valence-electron chi connectivity index (χ0n) is 12.1. The van der Waals surface area contributed by atoms with Crippen molar-refractivity contribution in [3.8, 4) is 0 Å². The molecule has 0 aliphatic heterocycles. The van der Waals surface area contributed by atoms with Crippen LogP contribution >= 0.6 is 0 Å². The highest BCUT2D eigenvalue weighted by molar-refractivity contribution is 5.04. The van der Waals surface area contributed by atoms with Gasteiger partial charge in [0.15, 0.2) is 0 Å². The molecule has 5 unspecified atom stereocenters. The maximum absolute atomic E-state index is 10.6. The van der Waals surface area contributed by atoms with Gasteiger partial charge < -0.3 is 15.3 Å². The van der Waals surface area contributed by atoms with Crippen molar-refractivity contribution in [2.24, 2.45) is 17.8 Å². The van der Waals surface area contributed by atoms with Gasteiger partial charge in [-0.1, -0.05) is 0 Å². The summed E-state index contributed by atoms with van der Waals surface area (Å²) in [6.45, 7) is 7.48. The Labute approximate surface area is 110 Å². The van der Waals surface area contributed by atoms with Gasteiger partial charge in [-0.3, -0.25) is 0 Å². The quantitative estimate of drug-likeness (QED) is 0.673. The van der Waals surface area contributed by atoms with E-state index in [1.165, 1.54) is 0 Å². The van der Waals surface area contributed by atoms with Crippen molar-refractivity contribution in [1.29, 1.82) is 0 Å². The SMILES string of the molecule is CC(C)(O)C1CCC(C)(O)C2CCC(C)(O)C2C1. The van der Waals surface area contributed by atoms with Gasteiger partial charge in [-0.15, -0.1) is 0 Å². The van der Waals surface area contributed by atoms with Crippen molar-refractivity contribution < 1.29 is 15.3 Å². The summed E-state index contributed by atoms with van der Waals surface area (Å²) >= 11 is 0. The third kappa shape index (κ3) is 2.45. The molecule has 0 saturated heterocycles. The average molecular weight is 256 g/mol. The molecule has 0 aromatic heterocycles. The van der Waals surface area contributed by atoms with E-state index < -0.39 is 16.8 Å². The molecule has 2 aliphatic rings. The van der Waals surface area contributed by atoms with E-state index >= 15 is 0 Å². The Morgan fingerprint density at radius 3 is 2.00 bits per heavy atom. The Bertz CT molecular complexity index is 314. The van der Waals surface area contributed by atoms with Crippen LogP contribution in [-0.4, -0.2) is 32.1 Å². The zero-order chi connectivity index (χ0) is 13.8. The second-order valence-corrected chi connectivity index (χ2v) is 7.59. The molecule has 2 fully saturated rings. The van der Waals surface area contributed by atoms with Crippen molar-refractivity contribution in [2.45, 2.75) is 76.6 Å². The van der Waals surface area contributed by atoms with Crippen LogP contribution in [0, 0.1) is 17.8 Å². The van der Waals surface area contributed by atoms with E-state index in [0.717, 1.165) is 32.1 Å². The van der Waals surface area contributed by atoms with Gasteiger partial charge in [0.1, 0.15) is 0 Å². The minimum absolute atomic E-state index is 0.103. The Kier molecular flexibility index (Phi) is 3.33. The lowest BCUT2D eigenvalue weighted by atomic mass is 9.74. The molecule has 5 atom stereocenters. The molecule has 0 heterocycles. The third-order valence-electron chi connectivity index (χ3n) is 5.58. The molecule has 3 nitrogen and oxygen atoms in total. The lowest BCUT2D eigenvalue weighted by Crippen LogP contribution is -2.41. The Balaban J connectivity index is 2.29. The number of hydrogen-bond acceptors (Lipinski definition) is 3. The lowest BCUT2D eigenvalue weighted by molar-refractivity contribution is -0.0588.